The molecule has 0 saturated heterocycles. The van der Waals surface area contributed by atoms with Crippen molar-refractivity contribution < 1.29 is 18.0 Å². The SMILES string of the molecule is CC1(C)C=CC(CCCNC(=O)C(F)(F)F)=CC(Br)=C1. The molecule has 0 saturated carbocycles. The van der Waals surface area contributed by atoms with Crippen molar-refractivity contribution in [1.82, 2.24) is 5.32 Å². The predicted molar refractivity (Wildman–Crippen MR) is 76.3 cm³/mol. The van der Waals surface area contributed by atoms with Crippen molar-refractivity contribution in [2.45, 2.75) is 32.9 Å². The van der Waals surface area contributed by atoms with Gasteiger partial charge in [-0.3, -0.25) is 4.79 Å². The average molecular weight is 352 g/mol. The Kier molecular flexibility index (Phi) is 5.62. The van der Waals surface area contributed by atoms with Gasteiger partial charge < -0.3 is 5.32 Å². The lowest BCUT2D eigenvalue weighted by atomic mass is 9.93. The number of carbonyl (C=O) groups excluding carboxylic acids is 1. The van der Waals surface area contributed by atoms with Crippen molar-refractivity contribution in [3.63, 3.8) is 0 Å². The maximum Gasteiger partial charge on any atom is 0.471 e. The first-order valence-electron chi connectivity index (χ1n) is 6.23. The van der Waals surface area contributed by atoms with Gasteiger partial charge in [0.1, 0.15) is 0 Å². The first-order valence-corrected chi connectivity index (χ1v) is 7.03. The molecule has 0 unspecified atom stereocenters. The van der Waals surface area contributed by atoms with E-state index < -0.39 is 12.1 Å². The molecule has 0 aromatic carbocycles. The highest BCUT2D eigenvalue weighted by Gasteiger charge is 2.38. The van der Waals surface area contributed by atoms with Gasteiger partial charge in [0.05, 0.1) is 0 Å². The van der Waals surface area contributed by atoms with E-state index in [-0.39, 0.29) is 12.0 Å². The van der Waals surface area contributed by atoms with Gasteiger partial charge in [-0.05, 0) is 24.5 Å². The van der Waals surface area contributed by atoms with Gasteiger partial charge in [-0.25, -0.2) is 0 Å². The highest BCUT2D eigenvalue weighted by molar-refractivity contribution is 9.11. The van der Waals surface area contributed by atoms with Crippen LogP contribution >= 0.6 is 15.9 Å². The number of rotatable bonds is 4. The number of hydrogen-bond donors (Lipinski definition) is 1. The molecule has 0 spiro atoms. The Morgan fingerprint density at radius 2 is 2.05 bits per heavy atom. The van der Waals surface area contributed by atoms with Crippen molar-refractivity contribution in [1.29, 1.82) is 0 Å². The summed E-state index contributed by atoms with van der Waals surface area (Å²) < 4.78 is 36.9. The summed E-state index contributed by atoms with van der Waals surface area (Å²) in [6, 6.07) is 0. The summed E-state index contributed by atoms with van der Waals surface area (Å²) in [6.45, 7) is 4.13. The molecule has 0 aromatic heterocycles. The molecule has 0 fully saturated rings. The number of carbonyl (C=O) groups is 1. The lowest BCUT2D eigenvalue weighted by Crippen LogP contribution is -2.37. The van der Waals surface area contributed by atoms with Crippen LogP contribution < -0.4 is 5.32 Å². The fraction of sp³-hybridized carbons (Fsp3) is 0.500. The Bertz CT molecular complexity index is 462. The van der Waals surface area contributed by atoms with Gasteiger partial charge in [-0.15, -0.1) is 0 Å². The Morgan fingerprint density at radius 1 is 1.40 bits per heavy atom. The summed E-state index contributed by atoms with van der Waals surface area (Å²) >= 11 is 3.44. The van der Waals surface area contributed by atoms with Gasteiger partial charge >= 0.3 is 12.1 Å². The number of amides is 1. The molecule has 0 aliphatic heterocycles. The summed E-state index contributed by atoms with van der Waals surface area (Å²) in [5, 5.41) is 1.86. The highest BCUT2D eigenvalue weighted by Crippen LogP contribution is 2.29. The van der Waals surface area contributed by atoms with E-state index in [0.717, 1.165) is 10.1 Å². The molecule has 0 heterocycles. The number of allylic oxidation sites excluding steroid dienone is 6. The minimum absolute atomic E-state index is 0.00818. The van der Waals surface area contributed by atoms with E-state index in [0.29, 0.717) is 12.8 Å². The summed E-state index contributed by atoms with van der Waals surface area (Å²) in [7, 11) is 0. The average Bonchev–Trinajstić information content (AvgIpc) is 2.40. The topological polar surface area (TPSA) is 29.1 Å². The van der Waals surface area contributed by atoms with Gasteiger partial charge in [-0.2, -0.15) is 13.2 Å². The minimum atomic E-state index is -4.81. The normalized spacial score (nSPS) is 18.1. The van der Waals surface area contributed by atoms with E-state index in [1.54, 1.807) is 0 Å². The van der Waals surface area contributed by atoms with Crippen LogP contribution in [0.15, 0.2) is 34.4 Å². The lowest BCUT2D eigenvalue weighted by Gasteiger charge is -2.13. The van der Waals surface area contributed by atoms with Gasteiger partial charge in [-0.1, -0.05) is 48.0 Å². The summed E-state index contributed by atoms with van der Waals surface area (Å²) in [5.74, 6) is -1.88. The third-order valence-corrected chi connectivity index (χ3v) is 3.20. The van der Waals surface area contributed by atoms with Crippen LogP contribution in [-0.2, 0) is 4.79 Å². The Hall–Kier alpha value is -1.04. The van der Waals surface area contributed by atoms with E-state index in [1.807, 2.05) is 23.5 Å². The van der Waals surface area contributed by atoms with Crippen molar-refractivity contribution in [2.75, 3.05) is 6.54 Å². The number of halogens is 4. The maximum absolute atomic E-state index is 12.0. The Labute approximate surface area is 124 Å². The summed E-state index contributed by atoms with van der Waals surface area (Å²) in [5.41, 5.74) is 0.946. The zero-order chi connectivity index (χ0) is 15.4. The fourth-order valence-corrected chi connectivity index (χ4v) is 2.63. The van der Waals surface area contributed by atoms with E-state index >= 15 is 0 Å². The number of hydrogen-bond acceptors (Lipinski definition) is 1. The highest BCUT2D eigenvalue weighted by atomic mass is 79.9. The number of alkyl halides is 3. The first kappa shape index (κ1) is 17.0. The van der Waals surface area contributed by atoms with E-state index in [4.69, 9.17) is 0 Å². The smallest absolute Gasteiger partial charge is 0.348 e. The van der Waals surface area contributed by atoms with Gasteiger partial charge in [0.2, 0.25) is 0 Å². The second kappa shape index (κ2) is 6.61. The zero-order valence-electron chi connectivity index (χ0n) is 11.4. The van der Waals surface area contributed by atoms with Crippen LogP contribution in [0.5, 0.6) is 0 Å². The van der Waals surface area contributed by atoms with Crippen LogP contribution in [-0.4, -0.2) is 18.6 Å². The van der Waals surface area contributed by atoms with E-state index in [9.17, 15) is 18.0 Å². The molecule has 1 N–H and O–H groups in total. The molecule has 112 valence electrons. The predicted octanol–water partition coefficient (Wildman–Crippen LogP) is 4.25. The largest absolute Gasteiger partial charge is 0.471 e. The van der Waals surface area contributed by atoms with Crippen molar-refractivity contribution in [3.05, 3.63) is 34.4 Å². The van der Waals surface area contributed by atoms with Crippen LogP contribution in [0.3, 0.4) is 0 Å². The van der Waals surface area contributed by atoms with Crippen LogP contribution in [0.4, 0.5) is 13.2 Å². The number of nitrogens with one attached hydrogen (secondary N) is 1. The molecule has 1 aliphatic carbocycles. The first-order chi connectivity index (χ1) is 9.10. The molecule has 1 amide bonds. The van der Waals surface area contributed by atoms with Crippen LogP contribution in [0.25, 0.3) is 0 Å². The van der Waals surface area contributed by atoms with Gasteiger partial charge in [0, 0.05) is 16.4 Å². The Morgan fingerprint density at radius 3 is 2.65 bits per heavy atom. The Balaban J connectivity index is 2.44. The molecule has 0 atom stereocenters. The van der Waals surface area contributed by atoms with Crippen molar-refractivity contribution in [2.24, 2.45) is 5.41 Å². The molecule has 2 nitrogen and oxygen atoms in total. The molecule has 1 rings (SSSR count). The minimum Gasteiger partial charge on any atom is -0.348 e. The maximum atomic E-state index is 12.0. The van der Waals surface area contributed by atoms with Crippen LogP contribution in [0.2, 0.25) is 0 Å². The monoisotopic (exact) mass is 351 g/mol. The second-order valence-electron chi connectivity index (χ2n) is 5.26. The standard InChI is InChI=1S/C14H17BrF3NO/c1-13(2)6-5-10(8-11(15)9-13)4-3-7-19-12(20)14(16,17)18/h5-6,8-9H,3-4,7H2,1-2H3,(H,19,20). The van der Waals surface area contributed by atoms with Crippen LogP contribution in [0, 0.1) is 5.41 Å². The van der Waals surface area contributed by atoms with E-state index in [2.05, 4.69) is 35.9 Å². The lowest BCUT2D eigenvalue weighted by molar-refractivity contribution is -0.173. The molecule has 1 aliphatic rings. The third-order valence-electron chi connectivity index (χ3n) is 2.75. The van der Waals surface area contributed by atoms with Crippen LogP contribution in [0.1, 0.15) is 26.7 Å². The van der Waals surface area contributed by atoms with Crippen molar-refractivity contribution >= 4 is 21.8 Å². The van der Waals surface area contributed by atoms with Gasteiger partial charge in [0.25, 0.3) is 0 Å². The molecule has 0 bridgehead atoms. The third kappa shape index (κ3) is 5.94. The quantitative estimate of drug-likeness (QED) is 0.754. The van der Waals surface area contributed by atoms with Gasteiger partial charge in [0.15, 0.2) is 0 Å². The molecule has 6 heteroatoms. The van der Waals surface area contributed by atoms with Crippen molar-refractivity contribution in [3.8, 4) is 0 Å². The molecule has 0 radical (unpaired) electrons. The van der Waals surface area contributed by atoms with E-state index in [1.165, 1.54) is 0 Å². The molecular formula is C14H17BrF3NO. The molecule has 0 aromatic rings. The molecular weight excluding hydrogens is 335 g/mol. The second-order valence-corrected chi connectivity index (χ2v) is 6.18. The summed E-state index contributed by atoms with van der Waals surface area (Å²) in [6.07, 6.45) is 4.26. The zero-order valence-corrected chi connectivity index (χ0v) is 12.9. The fourth-order valence-electron chi connectivity index (χ4n) is 1.74. The molecule has 20 heavy (non-hydrogen) atoms. The summed E-state index contributed by atoms with van der Waals surface area (Å²) in [4.78, 5) is 10.6.